The van der Waals surface area contributed by atoms with Gasteiger partial charge in [-0.25, -0.2) is 0 Å². The maximum absolute atomic E-state index is 12.4. The highest BCUT2D eigenvalue weighted by atomic mass is 16.5. The lowest BCUT2D eigenvalue weighted by atomic mass is 9.99. The zero-order valence-corrected chi connectivity index (χ0v) is 12.2. The molecule has 1 aliphatic heterocycles. The van der Waals surface area contributed by atoms with Gasteiger partial charge in [-0.1, -0.05) is 30.3 Å². The Labute approximate surface area is 129 Å². The summed E-state index contributed by atoms with van der Waals surface area (Å²) in [5, 5.41) is 9.17. The number of morpholine rings is 1. The fraction of sp³-hybridized carbons (Fsp3) is 0.222. The second kappa shape index (κ2) is 6.42. The van der Waals surface area contributed by atoms with Crippen LogP contribution >= 0.6 is 0 Å². The molecule has 0 unspecified atom stereocenters. The van der Waals surface area contributed by atoms with Crippen LogP contribution < -0.4 is 0 Å². The minimum absolute atomic E-state index is 0.0309. The molecule has 1 saturated heterocycles. The van der Waals surface area contributed by atoms with Crippen molar-refractivity contribution in [2.75, 3.05) is 26.3 Å². The normalized spacial score (nSPS) is 14.4. The van der Waals surface area contributed by atoms with Crippen LogP contribution in [0.25, 0.3) is 11.1 Å². The molecular weight excluding hydrogens is 276 g/mol. The van der Waals surface area contributed by atoms with Crippen molar-refractivity contribution in [2.24, 2.45) is 0 Å². The number of nitriles is 1. The molecule has 4 nitrogen and oxygen atoms in total. The summed E-state index contributed by atoms with van der Waals surface area (Å²) in [5.74, 6) is 0.0309. The van der Waals surface area contributed by atoms with E-state index in [9.17, 15) is 10.1 Å². The van der Waals surface area contributed by atoms with Crippen molar-refractivity contribution in [1.29, 1.82) is 5.26 Å². The highest BCUT2D eigenvalue weighted by Crippen LogP contribution is 2.23. The molecule has 0 spiro atoms. The quantitative estimate of drug-likeness (QED) is 0.855. The van der Waals surface area contributed by atoms with Crippen LogP contribution in [-0.4, -0.2) is 37.1 Å². The van der Waals surface area contributed by atoms with Crippen molar-refractivity contribution in [3.63, 3.8) is 0 Å². The summed E-state index contributed by atoms with van der Waals surface area (Å²) in [6.07, 6.45) is 0. The summed E-state index contributed by atoms with van der Waals surface area (Å²) < 4.78 is 5.26. The molecule has 3 rings (SSSR count). The van der Waals surface area contributed by atoms with E-state index in [4.69, 9.17) is 4.74 Å². The number of rotatable bonds is 2. The van der Waals surface area contributed by atoms with Gasteiger partial charge in [-0.3, -0.25) is 4.79 Å². The standard InChI is InChI=1S/C18H16N2O2/c19-13-16-3-1-2-4-17(16)14-5-7-15(8-6-14)18(21)20-9-11-22-12-10-20/h1-8H,9-12H2. The van der Waals surface area contributed by atoms with Gasteiger partial charge in [-0.15, -0.1) is 0 Å². The van der Waals surface area contributed by atoms with E-state index in [1.807, 2.05) is 47.4 Å². The number of amides is 1. The zero-order valence-electron chi connectivity index (χ0n) is 12.2. The van der Waals surface area contributed by atoms with Gasteiger partial charge in [0.15, 0.2) is 0 Å². The Kier molecular flexibility index (Phi) is 4.17. The molecule has 0 aromatic heterocycles. The van der Waals surface area contributed by atoms with Crippen LogP contribution in [0, 0.1) is 11.3 Å². The summed E-state index contributed by atoms with van der Waals surface area (Å²) in [6.45, 7) is 2.47. The SMILES string of the molecule is N#Cc1ccccc1-c1ccc(C(=O)N2CCOCC2)cc1. The second-order valence-electron chi connectivity index (χ2n) is 5.14. The van der Waals surface area contributed by atoms with Gasteiger partial charge >= 0.3 is 0 Å². The lowest BCUT2D eigenvalue weighted by molar-refractivity contribution is 0.0303. The lowest BCUT2D eigenvalue weighted by Gasteiger charge is -2.26. The minimum atomic E-state index is 0.0309. The smallest absolute Gasteiger partial charge is 0.254 e. The first-order chi connectivity index (χ1) is 10.8. The largest absolute Gasteiger partial charge is 0.378 e. The molecule has 0 atom stereocenters. The van der Waals surface area contributed by atoms with Gasteiger partial charge in [0, 0.05) is 18.7 Å². The lowest BCUT2D eigenvalue weighted by Crippen LogP contribution is -2.40. The van der Waals surface area contributed by atoms with Crippen molar-refractivity contribution in [3.8, 4) is 17.2 Å². The van der Waals surface area contributed by atoms with E-state index in [0.29, 0.717) is 37.4 Å². The van der Waals surface area contributed by atoms with Crippen LogP contribution in [0.4, 0.5) is 0 Å². The maximum atomic E-state index is 12.4. The third-order valence-corrected chi connectivity index (χ3v) is 3.79. The van der Waals surface area contributed by atoms with Crippen LogP contribution in [0.1, 0.15) is 15.9 Å². The average molecular weight is 292 g/mol. The van der Waals surface area contributed by atoms with Crippen molar-refractivity contribution in [3.05, 3.63) is 59.7 Å². The van der Waals surface area contributed by atoms with Gasteiger partial charge in [0.2, 0.25) is 0 Å². The molecule has 1 heterocycles. The van der Waals surface area contributed by atoms with Crippen LogP contribution in [-0.2, 0) is 4.74 Å². The molecule has 0 saturated carbocycles. The first-order valence-electron chi connectivity index (χ1n) is 7.26. The van der Waals surface area contributed by atoms with Crippen LogP contribution in [0.5, 0.6) is 0 Å². The molecule has 4 heteroatoms. The number of benzene rings is 2. The number of carbonyl (C=O) groups is 1. The molecule has 0 N–H and O–H groups in total. The Morgan fingerprint density at radius 2 is 1.73 bits per heavy atom. The van der Waals surface area contributed by atoms with E-state index in [0.717, 1.165) is 11.1 Å². The average Bonchev–Trinajstić information content (AvgIpc) is 2.62. The summed E-state index contributed by atoms with van der Waals surface area (Å²) in [6, 6.07) is 17.1. The van der Waals surface area contributed by atoms with E-state index < -0.39 is 0 Å². The van der Waals surface area contributed by atoms with Gasteiger partial charge in [-0.2, -0.15) is 5.26 Å². The van der Waals surface area contributed by atoms with Gasteiger partial charge in [0.25, 0.3) is 5.91 Å². The molecule has 1 amide bonds. The molecule has 2 aromatic carbocycles. The first-order valence-corrected chi connectivity index (χ1v) is 7.26. The number of nitrogens with zero attached hydrogens (tertiary/aromatic N) is 2. The molecule has 110 valence electrons. The van der Waals surface area contributed by atoms with E-state index in [2.05, 4.69) is 6.07 Å². The first kappa shape index (κ1) is 14.3. The molecule has 1 aliphatic rings. The molecule has 1 fully saturated rings. The Hall–Kier alpha value is -2.64. The summed E-state index contributed by atoms with van der Waals surface area (Å²) in [7, 11) is 0. The monoisotopic (exact) mass is 292 g/mol. The molecule has 0 radical (unpaired) electrons. The number of hydrogen-bond acceptors (Lipinski definition) is 3. The van der Waals surface area contributed by atoms with Crippen molar-refractivity contribution >= 4 is 5.91 Å². The molecule has 22 heavy (non-hydrogen) atoms. The maximum Gasteiger partial charge on any atom is 0.254 e. The van der Waals surface area contributed by atoms with Crippen molar-refractivity contribution in [2.45, 2.75) is 0 Å². The van der Waals surface area contributed by atoms with Gasteiger partial charge in [0.05, 0.1) is 24.8 Å². The highest BCUT2D eigenvalue weighted by Gasteiger charge is 2.18. The highest BCUT2D eigenvalue weighted by molar-refractivity contribution is 5.94. The second-order valence-corrected chi connectivity index (χ2v) is 5.14. The molecule has 2 aromatic rings. The third-order valence-electron chi connectivity index (χ3n) is 3.79. The number of ether oxygens (including phenoxy) is 1. The molecular formula is C18H16N2O2. The van der Waals surface area contributed by atoms with E-state index >= 15 is 0 Å². The van der Waals surface area contributed by atoms with Gasteiger partial charge < -0.3 is 9.64 Å². The predicted octanol–water partition coefficient (Wildman–Crippen LogP) is 2.70. The molecule has 0 aliphatic carbocycles. The van der Waals surface area contributed by atoms with E-state index in [1.165, 1.54) is 0 Å². The van der Waals surface area contributed by atoms with Gasteiger partial charge in [-0.05, 0) is 29.3 Å². The zero-order chi connectivity index (χ0) is 15.4. The Morgan fingerprint density at radius 3 is 2.41 bits per heavy atom. The Balaban J connectivity index is 1.83. The van der Waals surface area contributed by atoms with Gasteiger partial charge in [0.1, 0.15) is 0 Å². The molecule has 0 bridgehead atoms. The van der Waals surface area contributed by atoms with Crippen molar-refractivity contribution in [1.82, 2.24) is 4.90 Å². The van der Waals surface area contributed by atoms with Crippen molar-refractivity contribution < 1.29 is 9.53 Å². The number of hydrogen-bond donors (Lipinski definition) is 0. The number of carbonyl (C=O) groups excluding carboxylic acids is 1. The fourth-order valence-electron chi connectivity index (χ4n) is 2.57. The van der Waals surface area contributed by atoms with E-state index in [1.54, 1.807) is 6.07 Å². The summed E-state index contributed by atoms with van der Waals surface area (Å²) in [5.41, 5.74) is 3.13. The summed E-state index contributed by atoms with van der Waals surface area (Å²) >= 11 is 0. The third kappa shape index (κ3) is 2.85. The van der Waals surface area contributed by atoms with Crippen LogP contribution in [0.15, 0.2) is 48.5 Å². The Bertz CT molecular complexity index is 711. The van der Waals surface area contributed by atoms with Crippen LogP contribution in [0.2, 0.25) is 0 Å². The van der Waals surface area contributed by atoms with E-state index in [-0.39, 0.29) is 5.91 Å². The predicted molar refractivity (Wildman–Crippen MR) is 83.3 cm³/mol. The van der Waals surface area contributed by atoms with Crippen LogP contribution in [0.3, 0.4) is 0 Å². The summed E-state index contributed by atoms with van der Waals surface area (Å²) in [4.78, 5) is 14.2. The fourth-order valence-corrected chi connectivity index (χ4v) is 2.57. The minimum Gasteiger partial charge on any atom is -0.378 e. The Morgan fingerprint density at radius 1 is 1.05 bits per heavy atom. The topological polar surface area (TPSA) is 53.3 Å².